The molecule has 1 atom stereocenters. The first-order valence-corrected chi connectivity index (χ1v) is 9.41. The van der Waals surface area contributed by atoms with Gasteiger partial charge in [0.15, 0.2) is 5.65 Å². The summed E-state index contributed by atoms with van der Waals surface area (Å²) in [6.07, 6.45) is 6.91. The number of rotatable bonds is 4. The molecule has 2 aromatic heterocycles. The number of hydrogen-bond acceptors (Lipinski definition) is 6. The number of methoxy groups -OCH3 is 1. The molecule has 1 fully saturated rings. The Kier molecular flexibility index (Phi) is 5.06. The topological polar surface area (TPSA) is 80.2 Å². The minimum absolute atomic E-state index is 0.0159. The molecule has 144 valence electrons. The van der Waals surface area contributed by atoms with E-state index in [2.05, 4.69) is 25.2 Å². The third kappa shape index (κ3) is 3.74. The van der Waals surface area contributed by atoms with Crippen molar-refractivity contribution in [3.05, 3.63) is 48.4 Å². The highest BCUT2D eigenvalue weighted by Gasteiger charge is 2.27. The smallest absolute Gasteiger partial charge is 0.229 e. The highest BCUT2D eigenvalue weighted by molar-refractivity contribution is 5.94. The Labute approximate surface area is 163 Å². The number of nitrogens with zero attached hydrogens (tertiary/aromatic N) is 4. The lowest BCUT2D eigenvalue weighted by molar-refractivity contribution is -0.120. The molecule has 1 amide bonds. The molecule has 28 heavy (non-hydrogen) atoms. The fourth-order valence-corrected chi connectivity index (χ4v) is 3.60. The van der Waals surface area contributed by atoms with E-state index in [4.69, 9.17) is 4.74 Å². The average Bonchev–Trinajstić information content (AvgIpc) is 2.73. The normalized spacial score (nSPS) is 16.8. The van der Waals surface area contributed by atoms with E-state index >= 15 is 0 Å². The zero-order chi connectivity index (χ0) is 19.5. The SMILES string of the molecule is COc1ccc(C)cc1NC(=O)C1CCCN(c2cnc3nccnc3c2)C1. The molecular weight excluding hydrogens is 354 g/mol. The number of benzene rings is 1. The molecule has 0 saturated carbocycles. The highest BCUT2D eigenvalue weighted by atomic mass is 16.5. The van der Waals surface area contributed by atoms with Crippen molar-refractivity contribution >= 4 is 28.4 Å². The molecule has 1 aromatic carbocycles. The Balaban J connectivity index is 1.50. The zero-order valence-corrected chi connectivity index (χ0v) is 16.1. The first-order chi connectivity index (χ1) is 13.6. The number of carbonyl (C=O) groups excluding carboxylic acids is 1. The van der Waals surface area contributed by atoms with E-state index in [-0.39, 0.29) is 11.8 Å². The third-order valence-corrected chi connectivity index (χ3v) is 5.08. The number of aryl methyl sites for hydroxylation is 1. The molecule has 0 aliphatic carbocycles. The van der Waals surface area contributed by atoms with Gasteiger partial charge in [-0.05, 0) is 43.5 Å². The Morgan fingerprint density at radius 3 is 2.93 bits per heavy atom. The number of hydrogen-bond donors (Lipinski definition) is 1. The lowest BCUT2D eigenvalue weighted by Crippen LogP contribution is -2.40. The van der Waals surface area contributed by atoms with E-state index in [0.717, 1.165) is 36.2 Å². The van der Waals surface area contributed by atoms with Gasteiger partial charge in [0.2, 0.25) is 5.91 Å². The Morgan fingerprint density at radius 2 is 2.07 bits per heavy atom. The van der Waals surface area contributed by atoms with Crippen LogP contribution in [0.5, 0.6) is 5.75 Å². The lowest BCUT2D eigenvalue weighted by Gasteiger charge is -2.33. The second-order valence-corrected chi connectivity index (χ2v) is 7.07. The van der Waals surface area contributed by atoms with Gasteiger partial charge in [-0.3, -0.25) is 9.78 Å². The van der Waals surface area contributed by atoms with E-state index in [9.17, 15) is 4.79 Å². The van der Waals surface area contributed by atoms with Gasteiger partial charge in [0.25, 0.3) is 0 Å². The maximum atomic E-state index is 12.9. The van der Waals surface area contributed by atoms with Crippen molar-refractivity contribution in [3.8, 4) is 5.75 Å². The number of aromatic nitrogens is 3. The van der Waals surface area contributed by atoms with Gasteiger partial charge in [0.1, 0.15) is 11.3 Å². The molecule has 3 aromatic rings. The number of amides is 1. The Bertz CT molecular complexity index is 1010. The van der Waals surface area contributed by atoms with Crippen LogP contribution in [0, 0.1) is 12.8 Å². The highest BCUT2D eigenvalue weighted by Crippen LogP contribution is 2.28. The van der Waals surface area contributed by atoms with Crippen molar-refractivity contribution in [1.82, 2.24) is 15.0 Å². The number of piperidine rings is 1. The van der Waals surface area contributed by atoms with Crippen LogP contribution in [0.2, 0.25) is 0 Å². The van der Waals surface area contributed by atoms with Gasteiger partial charge in [-0.25, -0.2) is 9.97 Å². The van der Waals surface area contributed by atoms with E-state index in [1.54, 1.807) is 25.7 Å². The van der Waals surface area contributed by atoms with Gasteiger partial charge in [-0.2, -0.15) is 0 Å². The summed E-state index contributed by atoms with van der Waals surface area (Å²) in [5.74, 6) is 0.586. The number of carbonyl (C=O) groups is 1. The van der Waals surface area contributed by atoms with Crippen LogP contribution >= 0.6 is 0 Å². The second kappa shape index (κ2) is 7.80. The second-order valence-electron chi connectivity index (χ2n) is 7.07. The van der Waals surface area contributed by atoms with Crippen molar-refractivity contribution in [1.29, 1.82) is 0 Å². The van der Waals surface area contributed by atoms with E-state index in [1.807, 2.05) is 31.2 Å². The van der Waals surface area contributed by atoms with Crippen LogP contribution in [0.3, 0.4) is 0 Å². The molecule has 7 nitrogen and oxygen atoms in total. The fourth-order valence-electron chi connectivity index (χ4n) is 3.60. The molecular formula is C21H23N5O2. The van der Waals surface area contributed by atoms with Gasteiger partial charge in [0.05, 0.1) is 30.6 Å². The van der Waals surface area contributed by atoms with Gasteiger partial charge < -0.3 is 15.0 Å². The largest absolute Gasteiger partial charge is 0.495 e. The standard InChI is InChI=1S/C21H23N5O2/c1-14-5-6-19(28-2)17(10-14)25-21(27)15-4-3-9-26(13-15)16-11-18-20(24-12-16)23-8-7-22-18/h5-8,10-12,15H,3-4,9,13H2,1-2H3,(H,25,27). The van der Waals surface area contributed by atoms with Crippen LogP contribution < -0.4 is 15.0 Å². The number of ether oxygens (including phenoxy) is 1. The van der Waals surface area contributed by atoms with Crippen LogP contribution in [-0.4, -0.2) is 41.1 Å². The van der Waals surface area contributed by atoms with Crippen molar-refractivity contribution in [3.63, 3.8) is 0 Å². The van der Waals surface area contributed by atoms with Crippen LogP contribution in [0.25, 0.3) is 11.2 Å². The molecule has 0 radical (unpaired) electrons. The van der Waals surface area contributed by atoms with Crippen LogP contribution in [-0.2, 0) is 4.79 Å². The predicted molar refractivity (Wildman–Crippen MR) is 109 cm³/mol. The van der Waals surface area contributed by atoms with Crippen molar-refractivity contribution < 1.29 is 9.53 Å². The maximum Gasteiger partial charge on any atom is 0.229 e. The first-order valence-electron chi connectivity index (χ1n) is 9.41. The van der Waals surface area contributed by atoms with Gasteiger partial charge >= 0.3 is 0 Å². The monoisotopic (exact) mass is 377 g/mol. The summed E-state index contributed by atoms with van der Waals surface area (Å²) in [5, 5.41) is 3.05. The number of anilines is 2. The average molecular weight is 377 g/mol. The maximum absolute atomic E-state index is 12.9. The quantitative estimate of drug-likeness (QED) is 0.752. The van der Waals surface area contributed by atoms with Crippen molar-refractivity contribution in [2.24, 2.45) is 5.92 Å². The third-order valence-electron chi connectivity index (χ3n) is 5.08. The van der Waals surface area contributed by atoms with E-state index < -0.39 is 0 Å². The number of nitrogens with one attached hydrogen (secondary N) is 1. The Morgan fingerprint density at radius 1 is 1.21 bits per heavy atom. The summed E-state index contributed by atoms with van der Waals surface area (Å²) in [7, 11) is 1.61. The Hall–Kier alpha value is -3.22. The molecule has 1 aliphatic heterocycles. The lowest BCUT2D eigenvalue weighted by atomic mass is 9.96. The first kappa shape index (κ1) is 18.2. The molecule has 0 bridgehead atoms. The molecule has 7 heteroatoms. The number of fused-ring (bicyclic) bond motifs is 1. The molecule has 0 spiro atoms. The molecule has 3 heterocycles. The minimum atomic E-state index is -0.100. The van der Waals surface area contributed by atoms with Crippen LogP contribution in [0.4, 0.5) is 11.4 Å². The molecule has 4 rings (SSSR count). The van der Waals surface area contributed by atoms with Gasteiger partial charge in [-0.15, -0.1) is 0 Å². The van der Waals surface area contributed by atoms with Crippen molar-refractivity contribution in [2.45, 2.75) is 19.8 Å². The predicted octanol–water partition coefficient (Wildman–Crippen LogP) is 3.20. The molecule has 1 N–H and O–H groups in total. The molecule has 1 unspecified atom stereocenters. The fraction of sp³-hybridized carbons (Fsp3) is 0.333. The summed E-state index contributed by atoms with van der Waals surface area (Å²) in [5.41, 5.74) is 4.15. The summed E-state index contributed by atoms with van der Waals surface area (Å²) in [6.45, 7) is 3.53. The van der Waals surface area contributed by atoms with Crippen LogP contribution in [0.15, 0.2) is 42.9 Å². The summed E-state index contributed by atoms with van der Waals surface area (Å²) >= 11 is 0. The van der Waals surface area contributed by atoms with Gasteiger partial charge in [0, 0.05) is 25.5 Å². The van der Waals surface area contributed by atoms with E-state index in [0.29, 0.717) is 23.6 Å². The molecule has 1 aliphatic rings. The summed E-state index contributed by atoms with van der Waals surface area (Å²) in [4.78, 5) is 28.0. The van der Waals surface area contributed by atoms with Gasteiger partial charge in [-0.1, -0.05) is 6.07 Å². The number of pyridine rings is 1. The van der Waals surface area contributed by atoms with Crippen molar-refractivity contribution in [2.75, 3.05) is 30.4 Å². The van der Waals surface area contributed by atoms with Crippen LogP contribution in [0.1, 0.15) is 18.4 Å². The summed E-state index contributed by atoms with van der Waals surface area (Å²) < 4.78 is 5.37. The minimum Gasteiger partial charge on any atom is -0.495 e. The molecule has 1 saturated heterocycles. The van der Waals surface area contributed by atoms with E-state index in [1.165, 1.54) is 0 Å². The summed E-state index contributed by atoms with van der Waals surface area (Å²) in [6, 6.07) is 7.76. The zero-order valence-electron chi connectivity index (χ0n) is 16.1.